The van der Waals surface area contributed by atoms with E-state index in [1.54, 1.807) is 0 Å². The van der Waals surface area contributed by atoms with Crippen LogP contribution in [0.15, 0.2) is 42.5 Å². The number of benzene rings is 2. The molecule has 1 saturated heterocycles. The van der Waals surface area contributed by atoms with Crippen molar-refractivity contribution in [1.82, 2.24) is 5.32 Å². The zero-order chi connectivity index (χ0) is 17.4. The Morgan fingerprint density at radius 2 is 1.84 bits per heavy atom. The molecule has 1 heterocycles. The van der Waals surface area contributed by atoms with Crippen molar-refractivity contribution < 1.29 is 19.4 Å². The molecule has 1 aliphatic carbocycles. The van der Waals surface area contributed by atoms with Gasteiger partial charge in [-0.25, -0.2) is 0 Å². The summed E-state index contributed by atoms with van der Waals surface area (Å²) < 4.78 is 5.29. The molecule has 2 aromatic rings. The Hall–Kier alpha value is -2.40. The van der Waals surface area contributed by atoms with Crippen LogP contribution in [0.3, 0.4) is 0 Å². The second-order valence-electron chi connectivity index (χ2n) is 7.06. The van der Waals surface area contributed by atoms with E-state index in [0.717, 1.165) is 16.3 Å². The molecule has 0 spiro atoms. The van der Waals surface area contributed by atoms with Crippen LogP contribution >= 0.6 is 0 Å². The van der Waals surface area contributed by atoms with Gasteiger partial charge in [0, 0.05) is 12.5 Å². The molecule has 5 heteroatoms. The number of carbonyl (C=O) groups excluding carboxylic acids is 1. The van der Waals surface area contributed by atoms with Crippen LogP contribution in [0.25, 0.3) is 10.8 Å². The standard InChI is InChI=1S/C20H21NO4/c22-19(18-16-10-25-11-17(16)18)21-9-15(20(23)24)8-12-5-6-13-3-1-2-4-14(13)7-12/h1-7,15-18H,8-11H2,(H,21,22)(H,23,24)/t15?,16-,17+,18?. The zero-order valence-electron chi connectivity index (χ0n) is 13.9. The summed E-state index contributed by atoms with van der Waals surface area (Å²) in [5.41, 5.74) is 0.969. The lowest BCUT2D eigenvalue weighted by Gasteiger charge is -2.14. The first kappa shape index (κ1) is 16.1. The van der Waals surface area contributed by atoms with E-state index in [-0.39, 0.29) is 18.4 Å². The summed E-state index contributed by atoms with van der Waals surface area (Å²) in [4.78, 5) is 23.8. The fourth-order valence-electron chi connectivity index (χ4n) is 3.87. The molecule has 1 aliphatic heterocycles. The monoisotopic (exact) mass is 339 g/mol. The van der Waals surface area contributed by atoms with E-state index in [1.165, 1.54) is 0 Å². The maximum absolute atomic E-state index is 12.2. The quantitative estimate of drug-likeness (QED) is 0.845. The number of carboxylic acid groups (broad SMARTS) is 1. The van der Waals surface area contributed by atoms with E-state index >= 15 is 0 Å². The van der Waals surface area contributed by atoms with Crippen LogP contribution < -0.4 is 5.32 Å². The van der Waals surface area contributed by atoms with E-state index in [4.69, 9.17) is 4.74 Å². The van der Waals surface area contributed by atoms with Crippen molar-refractivity contribution in [2.24, 2.45) is 23.7 Å². The molecule has 4 rings (SSSR count). The maximum atomic E-state index is 12.2. The summed E-state index contributed by atoms with van der Waals surface area (Å²) in [5.74, 6) is -0.841. The van der Waals surface area contributed by atoms with Gasteiger partial charge in [-0.2, -0.15) is 0 Å². The zero-order valence-corrected chi connectivity index (χ0v) is 13.9. The molecular formula is C20H21NO4. The van der Waals surface area contributed by atoms with Crippen molar-refractivity contribution in [3.63, 3.8) is 0 Å². The highest BCUT2D eigenvalue weighted by molar-refractivity contribution is 5.84. The normalized spacial score (nSPS) is 25.4. The number of carbonyl (C=O) groups is 2. The minimum Gasteiger partial charge on any atom is -0.481 e. The SMILES string of the molecule is O=C(O)C(CNC(=O)C1[C@H]2COC[C@@H]12)Cc1ccc2ccccc2c1. The second kappa shape index (κ2) is 6.48. The molecule has 0 aromatic heterocycles. The Labute approximate surface area is 146 Å². The highest BCUT2D eigenvalue weighted by Gasteiger charge is 2.57. The number of nitrogens with one attached hydrogen (secondary N) is 1. The van der Waals surface area contributed by atoms with Gasteiger partial charge in [0.15, 0.2) is 0 Å². The lowest BCUT2D eigenvalue weighted by molar-refractivity contribution is -0.141. The van der Waals surface area contributed by atoms with Gasteiger partial charge < -0.3 is 15.2 Å². The third-order valence-corrected chi connectivity index (χ3v) is 5.42. The minimum atomic E-state index is -0.882. The van der Waals surface area contributed by atoms with Gasteiger partial charge in [-0.15, -0.1) is 0 Å². The van der Waals surface area contributed by atoms with E-state index in [2.05, 4.69) is 5.32 Å². The van der Waals surface area contributed by atoms with Crippen molar-refractivity contribution in [2.75, 3.05) is 19.8 Å². The highest BCUT2D eigenvalue weighted by atomic mass is 16.5. The molecule has 4 atom stereocenters. The molecule has 1 saturated carbocycles. The molecule has 25 heavy (non-hydrogen) atoms. The summed E-state index contributed by atoms with van der Waals surface area (Å²) in [6, 6.07) is 14.0. The van der Waals surface area contributed by atoms with Gasteiger partial charge in [0.1, 0.15) is 0 Å². The molecule has 130 valence electrons. The smallest absolute Gasteiger partial charge is 0.308 e. The lowest BCUT2D eigenvalue weighted by Crippen LogP contribution is -2.36. The van der Waals surface area contributed by atoms with Crippen molar-refractivity contribution >= 4 is 22.6 Å². The van der Waals surface area contributed by atoms with E-state index in [0.29, 0.717) is 31.5 Å². The van der Waals surface area contributed by atoms with Crippen LogP contribution in [-0.2, 0) is 20.7 Å². The Kier molecular flexibility index (Phi) is 4.17. The van der Waals surface area contributed by atoms with Gasteiger partial charge in [-0.05, 0) is 34.6 Å². The van der Waals surface area contributed by atoms with Gasteiger partial charge in [0.25, 0.3) is 0 Å². The van der Waals surface area contributed by atoms with Crippen molar-refractivity contribution in [3.8, 4) is 0 Å². The molecule has 2 aliphatic rings. The largest absolute Gasteiger partial charge is 0.481 e. The van der Waals surface area contributed by atoms with Crippen LogP contribution in [0, 0.1) is 23.7 Å². The summed E-state index contributed by atoms with van der Waals surface area (Å²) in [7, 11) is 0. The fourth-order valence-corrected chi connectivity index (χ4v) is 3.87. The molecule has 1 amide bonds. The fraction of sp³-hybridized carbons (Fsp3) is 0.400. The predicted molar refractivity (Wildman–Crippen MR) is 93.1 cm³/mol. The van der Waals surface area contributed by atoms with Crippen LogP contribution in [-0.4, -0.2) is 36.7 Å². The number of rotatable bonds is 6. The van der Waals surface area contributed by atoms with E-state index < -0.39 is 11.9 Å². The second-order valence-corrected chi connectivity index (χ2v) is 7.06. The Morgan fingerprint density at radius 1 is 1.12 bits per heavy atom. The lowest BCUT2D eigenvalue weighted by atomic mass is 9.97. The van der Waals surface area contributed by atoms with E-state index in [1.807, 2.05) is 42.5 Å². The first-order chi connectivity index (χ1) is 12.1. The molecule has 2 aromatic carbocycles. The van der Waals surface area contributed by atoms with Gasteiger partial charge in [-0.1, -0.05) is 42.5 Å². The van der Waals surface area contributed by atoms with Gasteiger partial charge in [-0.3, -0.25) is 9.59 Å². The molecule has 2 unspecified atom stereocenters. The molecule has 0 radical (unpaired) electrons. The molecule has 2 fully saturated rings. The predicted octanol–water partition coefficient (Wildman–Crippen LogP) is 2.09. The Balaban J connectivity index is 1.38. The van der Waals surface area contributed by atoms with Crippen molar-refractivity contribution in [2.45, 2.75) is 6.42 Å². The number of hydrogen-bond acceptors (Lipinski definition) is 3. The minimum absolute atomic E-state index is 0.0175. The van der Waals surface area contributed by atoms with Crippen molar-refractivity contribution in [1.29, 1.82) is 0 Å². The van der Waals surface area contributed by atoms with Gasteiger partial charge >= 0.3 is 5.97 Å². The molecule has 5 nitrogen and oxygen atoms in total. The summed E-state index contributed by atoms with van der Waals surface area (Å²) >= 11 is 0. The Morgan fingerprint density at radius 3 is 2.56 bits per heavy atom. The number of carboxylic acids is 1. The van der Waals surface area contributed by atoms with Crippen LogP contribution in [0.4, 0.5) is 0 Å². The number of fused-ring (bicyclic) bond motifs is 2. The molecule has 2 N–H and O–H groups in total. The first-order valence-corrected chi connectivity index (χ1v) is 8.69. The number of hydrogen-bond donors (Lipinski definition) is 2. The van der Waals surface area contributed by atoms with Crippen molar-refractivity contribution in [3.05, 3.63) is 48.0 Å². The number of aliphatic carboxylic acids is 1. The highest BCUT2D eigenvalue weighted by Crippen LogP contribution is 2.50. The molecular weight excluding hydrogens is 318 g/mol. The third kappa shape index (κ3) is 3.24. The van der Waals surface area contributed by atoms with Crippen LogP contribution in [0.2, 0.25) is 0 Å². The number of amides is 1. The topological polar surface area (TPSA) is 75.6 Å². The summed E-state index contributed by atoms with van der Waals surface area (Å²) in [6.07, 6.45) is 0.404. The average molecular weight is 339 g/mol. The summed E-state index contributed by atoms with van der Waals surface area (Å²) in [5, 5.41) is 14.6. The first-order valence-electron chi connectivity index (χ1n) is 8.69. The Bertz CT molecular complexity index is 808. The molecule has 0 bridgehead atoms. The average Bonchev–Trinajstić information content (AvgIpc) is 3.10. The third-order valence-electron chi connectivity index (χ3n) is 5.42. The summed E-state index contributed by atoms with van der Waals surface area (Å²) in [6.45, 7) is 1.47. The van der Waals surface area contributed by atoms with Gasteiger partial charge in [0.2, 0.25) is 5.91 Å². The van der Waals surface area contributed by atoms with Crippen LogP contribution in [0.5, 0.6) is 0 Å². The van der Waals surface area contributed by atoms with E-state index in [9.17, 15) is 14.7 Å². The van der Waals surface area contributed by atoms with Crippen LogP contribution in [0.1, 0.15) is 5.56 Å². The van der Waals surface area contributed by atoms with Gasteiger partial charge in [0.05, 0.1) is 19.1 Å². The number of ether oxygens (including phenoxy) is 1. The maximum Gasteiger partial charge on any atom is 0.308 e.